The maximum atomic E-state index is 13.6. The van der Waals surface area contributed by atoms with Gasteiger partial charge in [0.25, 0.3) is 0 Å². The maximum Gasteiger partial charge on any atom is 0.492 e. The molecule has 4 N–H and O–H groups in total. The summed E-state index contributed by atoms with van der Waals surface area (Å²) < 4.78 is 46.4. The van der Waals surface area contributed by atoms with Crippen molar-refractivity contribution in [1.82, 2.24) is 9.97 Å². The van der Waals surface area contributed by atoms with E-state index in [1.165, 1.54) is 12.1 Å². The molecule has 0 radical (unpaired) electrons. The molecule has 0 atom stereocenters. The number of hydrogen-bond donors (Lipinski definition) is 4. The fourth-order valence-electron chi connectivity index (χ4n) is 3.68. The lowest BCUT2D eigenvalue weighted by Crippen LogP contribution is -2.28. The molecule has 8 nitrogen and oxygen atoms in total. The summed E-state index contributed by atoms with van der Waals surface area (Å²) in [7, 11) is -1.12. The largest absolute Gasteiger partial charge is 0.492 e. The Bertz CT molecular complexity index is 1300. The number of hydrogen-bond acceptors (Lipinski definition) is 7. The Hall–Kier alpha value is -3.90. The first-order valence-corrected chi connectivity index (χ1v) is 10.5. The van der Waals surface area contributed by atoms with Gasteiger partial charge >= 0.3 is 13.3 Å². The van der Waals surface area contributed by atoms with Crippen LogP contribution >= 0.6 is 0 Å². The Kier molecular flexibility index (Phi) is 6.26. The summed E-state index contributed by atoms with van der Waals surface area (Å²) in [6, 6.07) is 11.2. The van der Waals surface area contributed by atoms with E-state index in [2.05, 4.69) is 32.5 Å². The number of aromatic nitrogens is 2. The van der Waals surface area contributed by atoms with Crippen molar-refractivity contribution in [1.29, 1.82) is 0 Å². The standard InChI is InChI=1S/C23H21BF3N5O3/c1-4-19(33)29-13-6-5-7-14(10-13)30-20-17(23(25,26)27)12-28-21(32-20)31-15-8-9-16-18(11-15)24(34)35-22(16,2)3/h4-12,34H,1H2,2-3H3,(H,29,33)(H2,28,30,31,32). The summed E-state index contributed by atoms with van der Waals surface area (Å²) in [5.74, 6) is -1.03. The predicted octanol–water partition coefficient (Wildman–Crippen LogP) is 4.06. The highest BCUT2D eigenvalue weighted by Crippen LogP contribution is 2.36. The monoisotopic (exact) mass is 483 g/mol. The van der Waals surface area contributed by atoms with Gasteiger partial charge in [0.15, 0.2) is 0 Å². The number of benzene rings is 2. The number of fused-ring (bicyclic) bond motifs is 1. The van der Waals surface area contributed by atoms with Crippen LogP contribution in [0.1, 0.15) is 25.0 Å². The SMILES string of the molecule is C=CC(=O)Nc1cccc(Nc2nc(Nc3ccc4c(c3)B(O)OC4(C)C)ncc2C(F)(F)F)c1. The minimum Gasteiger partial charge on any atom is -0.423 e. The fourth-order valence-corrected chi connectivity index (χ4v) is 3.68. The van der Waals surface area contributed by atoms with Gasteiger partial charge in [-0.25, -0.2) is 4.98 Å². The van der Waals surface area contributed by atoms with Crippen molar-refractivity contribution in [2.45, 2.75) is 25.6 Å². The molecule has 0 aliphatic carbocycles. The van der Waals surface area contributed by atoms with E-state index in [1.807, 2.05) is 13.8 Å². The van der Waals surface area contributed by atoms with Crippen LogP contribution in [-0.4, -0.2) is 28.0 Å². The first-order valence-electron chi connectivity index (χ1n) is 10.5. The average molecular weight is 483 g/mol. The summed E-state index contributed by atoms with van der Waals surface area (Å²) in [6.07, 6.45) is -2.96. The molecule has 1 amide bonds. The highest BCUT2D eigenvalue weighted by molar-refractivity contribution is 6.62. The van der Waals surface area contributed by atoms with Gasteiger partial charge in [0.1, 0.15) is 11.4 Å². The van der Waals surface area contributed by atoms with Crippen molar-refractivity contribution in [3.63, 3.8) is 0 Å². The van der Waals surface area contributed by atoms with E-state index in [4.69, 9.17) is 4.65 Å². The lowest BCUT2D eigenvalue weighted by Gasteiger charge is -2.19. The molecule has 3 aromatic rings. The Balaban J connectivity index is 1.63. The Morgan fingerprint density at radius 1 is 1.14 bits per heavy atom. The Morgan fingerprint density at radius 2 is 1.86 bits per heavy atom. The number of carbonyl (C=O) groups excluding carboxylic acids is 1. The first kappa shape index (κ1) is 24.2. The van der Waals surface area contributed by atoms with Gasteiger partial charge < -0.3 is 25.6 Å². The van der Waals surface area contributed by atoms with Crippen LogP contribution in [0.25, 0.3) is 0 Å². The zero-order valence-corrected chi connectivity index (χ0v) is 18.8. The molecule has 2 aromatic carbocycles. The van der Waals surface area contributed by atoms with Gasteiger partial charge in [-0.05, 0) is 61.3 Å². The van der Waals surface area contributed by atoms with Crippen molar-refractivity contribution in [3.05, 3.63) is 72.4 Å². The molecule has 180 valence electrons. The normalized spacial score (nSPS) is 14.3. The number of carbonyl (C=O) groups is 1. The van der Waals surface area contributed by atoms with Gasteiger partial charge in [0, 0.05) is 23.3 Å². The molecular weight excluding hydrogens is 462 g/mol. The second kappa shape index (κ2) is 9.04. The van der Waals surface area contributed by atoms with Crippen molar-refractivity contribution in [2.24, 2.45) is 0 Å². The van der Waals surface area contributed by atoms with Crippen molar-refractivity contribution in [3.8, 4) is 0 Å². The zero-order valence-electron chi connectivity index (χ0n) is 18.8. The van der Waals surface area contributed by atoms with E-state index in [0.29, 0.717) is 23.0 Å². The number of rotatable bonds is 6. The van der Waals surface area contributed by atoms with E-state index >= 15 is 0 Å². The van der Waals surface area contributed by atoms with Gasteiger partial charge in [0.05, 0.1) is 5.60 Å². The summed E-state index contributed by atoms with van der Waals surface area (Å²) in [6.45, 7) is 7.01. The molecule has 0 unspecified atom stereocenters. The minimum atomic E-state index is -4.71. The number of alkyl halides is 3. The van der Waals surface area contributed by atoms with Crippen LogP contribution in [0, 0.1) is 0 Å². The number of nitrogens with zero attached hydrogens (tertiary/aromatic N) is 2. The number of nitrogens with one attached hydrogen (secondary N) is 3. The van der Waals surface area contributed by atoms with Crippen molar-refractivity contribution >= 4 is 47.3 Å². The third-order valence-electron chi connectivity index (χ3n) is 5.30. The van der Waals surface area contributed by atoms with E-state index in [-0.39, 0.29) is 11.6 Å². The van der Waals surface area contributed by atoms with Gasteiger partial charge in [-0.1, -0.05) is 18.7 Å². The quantitative estimate of drug-likeness (QED) is 0.310. The van der Waals surface area contributed by atoms with Crippen molar-refractivity contribution in [2.75, 3.05) is 16.0 Å². The lowest BCUT2D eigenvalue weighted by molar-refractivity contribution is -0.137. The van der Waals surface area contributed by atoms with E-state index in [0.717, 1.165) is 11.6 Å². The molecule has 0 saturated carbocycles. The van der Waals surface area contributed by atoms with E-state index in [9.17, 15) is 23.0 Å². The molecule has 1 aliphatic rings. The van der Waals surface area contributed by atoms with E-state index < -0.39 is 36.2 Å². The zero-order chi connectivity index (χ0) is 25.4. The topological polar surface area (TPSA) is 108 Å². The number of halogens is 3. The lowest BCUT2D eigenvalue weighted by atomic mass is 9.78. The molecule has 0 fully saturated rings. The van der Waals surface area contributed by atoms with Crippen LogP contribution < -0.4 is 21.4 Å². The molecule has 0 bridgehead atoms. The molecule has 35 heavy (non-hydrogen) atoms. The van der Waals surface area contributed by atoms with E-state index in [1.54, 1.807) is 30.3 Å². The average Bonchev–Trinajstić information content (AvgIpc) is 3.01. The van der Waals surface area contributed by atoms with Gasteiger partial charge in [-0.15, -0.1) is 0 Å². The second-order valence-electron chi connectivity index (χ2n) is 8.26. The van der Waals surface area contributed by atoms with Crippen molar-refractivity contribution < 1.29 is 27.6 Å². The first-order chi connectivity index (χ1) is 16.5. The maximum absolute atomic E-state index is 13.6. The molecule has 1 aromatic heterocycles. The molecular formula is C23H21BF3N5O3. The van der Waals surface area contributed by atoms with Crippen LogP contribution in [0.3, 0.4) is 0 Å². The summed E-state index contributed by atoms with van der Waals surface area (Å²) in [5, 5.41) is 18.2. The second-order valence-corrected chi connectivity index (χ2v) is 8.26. The Morgan fingerprint density at radius 3 is 2.57 bits per heavy atom. The Labute approximate surface area is 199 Å². The molecule has 0 saturated heterocycles. The predicted molar refractivity (Wildman–Crippen MR) is 127 cm³/mol. The van der Waals surface area contributed by atoms with Crippen LogP contribution in [0.5, 0.6) is 0 Å². The third-order valence-corrected chi connectivity index (χ3v) is 5.30. The smallest absolute Gasteiger partial charge is 0.423 e. The van der Waals surface area contributed by atoms with Crippen LogP contribution in [0.15, 0.2) is 61.3 Å². The van der Waals surface area contributed by atoms with Crippen LogP contribution in [0.2, 0.25) is 0 Å². The third kappa shape index (κ3) is 5.28. The highest BCUT2D eigenvalue weighted by Gasteiger charge is 2.40. The molecule has 2 heterocycles. The molecule has 0 spiro atoms. The van der Waals surface area contributed by atoms with Gasteiger partial charge in [0.2, 0.25) is 11.9 Å². The minimum absolute atomic E-state index is 0.0933. The summed E-state index contributed by atoms with van der Waals surface area (Å²) in [4.78, 5) is 19.4. The highest BCUT2D eigenvalue weighted by atomic mass is 19.4. The summed E-state index contributed by atoms with van der Waals surface area (Å²) >= 11 is 0. The van der Waals surface area contributed by atoms with Crippen LogP contribution in [0.4, 0.5) is 42.0 Å². The van der Waals surface area contributed by atoms with Crippen LogP contribution in [-0.2, 0) is 21.2 Å². The fraction of sp³-hybridized carbons (Fsp3) is 0.174. The number of amides is 1. The number of anilines is 5. The summed E-state index contributed by atoms with van der Waals surface area (Å²) in [5.41, 5.74) is 0.699. The molecule has 4 rings (SSSR count). The molecule has 12 heteroatoms. The van der Waals surface area contributed by atoms with Gasteiger partial charge in [-0.3, -0.25) is 4.79 Å². The van der Waals surface area contributed by atoms with Gasteiger partial charge in [-0.2, -0.15) is 18.2 Å². The molecule has 1 aliphatic heterocycles.